The molecule has 0 amide bonds. The lowest BCUT2D eigenvalue weighted by Crippen LogP contribution is -2.20. The van der Waals surface area contributed by atoms with Gasteiger partial charge in [0.1, 0.15) is 21.2 Å². The molecule has 0 spiro atoms. The Hall–Kier alpha value is -5.39. The summed E-state index contributed by atoms with van der Waals surface area (Å²) in [5.74, 6) is -0.555. The number of halogens is 1. The number of aromatic hydroxyl groups is 1. The van der Waals surface area contributed by atoms with Gasteiger partial charge in [-0.2, -0.15) is 36.2 Å². The lowest BCUT2D eigenvalue weighted by atomic mass is 10.1. The third-order valence-electron chi connectivity index (χ3n) is 7.43. The van der Waals surface area contributed by atoms with Crippen LogP contribution < -0.4 is 10.2 Å². The van der Waals surface area contributed by atoms with E-state index in [-0.39, 0.29) is 38.6 Å². The summed E-state index contributed by atoms with van der Waals surface area (Å²) in [5, 5.41) is 34.7. The summed E-state index contributed by atoms with van der Waals surface area (Å²) in [6.45, 7) is 2.28. The van der Waals surface area contributed by atoms with Crippen molar-refractivity contribution in [2.75, 3.05) is 16.8 Å². The van der Waals surface area contributed by atoms with Gasteiger partial charge in [-0.15, -0.1) is 14.6 Å². The molecule has 1 heterocycles. The molecule has 0 aliphatic rings. The second kappa shape index (κ2) is 14.7. The fraction of sp³-hybridized carbons (Fsp3) is 0.0645. The van der Waals surface area contributed by atoms with E-state index >= 15 is 0 Å². The largest absolute Gasteiger partial charge is 0.505 e. The van der Waals surface area contributed by atoms with E-state index in [2.05, 4.69) is 39.9 Å². The first-order valence-corrected chi connectivity index (χ1v) is 18.3. The molecule has 0 saturated carbocycles. The van der Waals surface area contributed by atoms with E-state index < -0.39 is 47.5 Å². The number of fused-ring (bicyclic) bond motifs is 2. The minimum absolute atomic E-state index is 0.0160. The van der Waals surface area contributed by atoms with Crippen LogP contribution in [0.4, 0.5) is 39.0 Å². The normalized spacial score (nSPS) is 12.2. The molecule has 5 aromatic carbocycles. The Bertz CT molecular complexity index is 2580. The van der Waals surface area contributed by atoms with E-state index in [1.807, 2.05) is 37.3 Å². The molecular formula is C31H24FN7O10S3. The molecule has 268 valence electrons. The summed E-state index contributed by atoms with van der Waals surface area (Å²) in [4.78, 5) is 12.2. The Kier molecular flexibility index (Phi) is 10.3. The van der Waals surface area contributed by atoms with Crippen LogP contribution in [0.3, 0.4) is 0 Å². The van der Waals surface area contributed by atoms with E-state index in [1.165, 1.54) is 24.3 Å². The van der Waals surface area contributed by atoms with Gasteiger partial charge >= 0.3 is 6.08 Å². The van der Waals surface area contributed by atoms with Gasteiger partial charge in [-0.3, -0.25) is 9.11 Å². The number of anilines is 4. The minimum atomic E-state index is -5.08. The van der Waals surface area contributed by atoms with Gasteiger partial charge in [0.15, 0.2) is 5.75 Å². The van der Waals surface area contributed by atoms with Crippen molar-refractivity contribution in [1.82, 2.24) is 15.0 Å². The SMILES string of the molecule is CCN(c1ccccc1)c1nc(F)nc(Nc2ccc3c(O)c(N=Nc4ccc5c(S(=O)(=O)O)cccc5c4S(=O)(=O)O)c(SOOO)cc3c2)n1. The number of phenols is 1. The Balaban J connectivity index is 1.40. The van der Waals surface area contributed by atoms with Gasteiger partial charge < -0.3 is 15.3 Å². The first-order chi connectivity index (χ1) is 24.8. The van der Waals surface area contributed by atoms with Crippen LogP contribution in [0.25, 0.3) is 21.5 Å². The number of benzene rings is 5. The highest BCUT2D eigenvalue weighted by Crippen LogP contribution is 2.45. The zero-order valence-corrected chi connectivity index (χ0v) is 28.8. The van der Waals surface area contributed by atoms with E-state index in [0.29, 0.717) is 29.7 Å². The number of hydrogen-bond donors (Lipinski definition) is 5. The van der Waals surface area contributed by atoms with E-state index in [0.717, 1.165) is 30.0 Å². The van der Waals surface area contributed by atoms with Crippen molar-refractivity contribution in [3.05, 3.63) is 91.0 Å². The quantitative estimate of drug-likeness (QED) is 0.0270. The maximum atomic E-state index is 14.6. The molecule has 21 heteroatoms. The van der Waals surface area contributed by atoms with E-state index in [1.54, 1.807) is 11.0 Å². The molecule has 5 N–H and O–H groups in total. The van der Waals surface area contributed by atoms with Crippen LogP contribution in [0.1, 0.15) is 6.92 Å². The number of hydrogen-bond acceptors (Lipinski definition) is 16. The lowest BCUT2D eigenvalue weighted by molar-refractivity contribution is -0.432. The first-order valence-electron chi connectivity index (χ1n) is 14.7. The van der Waals surface area contributed by atoms with E-state index in [9.17, 15) is 35.4 Å². The summed E-state index contributed by atoms with van der Waals surface area (Å²) in [6.07, 6.45) is -1.03. The van der Waals surface area contributed by atoms with Crippen LogP contribution in [0.2, 0.25) is 0 Å². The summed E-state index contributed by atoms with van der Waals surface area (Å²) >= 11 is 0.389. The number of phenolic OH excluding ortho intramolecular Hbond substituents is 1. The second-order valence-corrected chi connectivity index (χ2v) is 14.1. The number of aromatic nitrogens is 3. The molecule has 0 unspecified atom stereocenters. The van der Waals surface area contributed by atoms with Crippen LogP contribution >= 0.6 is 12.0 Å². The molecule has 6 aromatic rings. The predicted molar refractivity (Wildman–Crippen MR) is 186 cm³/mol. The Morgan fingerprint density at radius 1 is 0.865 bits per heavy atom. The van der Waals surface area contributed by atoms with Crippen molar-refractivity contribution in [3.63, 3.8) is 0 Å². The topological polar surface area (TPSA) is 246 Å². The van der Waals surface area contributed by atoms with Crippen molar-refractivity contribution in [2.45, 2.75) is 21.6 Å². The molecule has 1 aromatic heterocycles. The Morgan fingerprint density at radius 3 is 2.31 bits per heavy atom. The molecular weight excluding hydrogens is 746 g/mol. The number of azo groups is 1. The highest BCUT2D eigenvalue weighted by atomic mass is 32.2. The van der Waals surface area contributed by atoms with Gasteiger partial charge in [-0.25, -0.2) is 5.26 Å². The fourth-order valence-electron chi connectivity index (χ4n) is 5.30. The van der Waals surface area contributed by atoms with Gasteiger partial charge in [0.25, 0.3) is 20.2 Å². The van der Waals surface area contributed by atoms with Crippen LogP contribution in [0.15, 0.2) is 110 Å². The Labute approximate surface area is 298 Å². The van der Waals surface area contributed by atoms with E-state index in [4.69, 9.17) is 5.26 Å². The van der Waals surface area contributed by atoms with Crippen molar-refractivity contribution >= 4 is 88.5 Å². The minimum Gasteiger partial charge on any atom is -0.505 e. The number of para-hydroxylation sites is 1. The van der Waals surface area contributed by atoms with Crippen molar-refractivity contribution < 1.29 is 50.1 Å². The maximum Gasteiger partial charge on any atom is 0.315 e. The van der Waals surface area contributed by atoms with Crippen LogP contribution in [0, 0.1) is 6.08 Å². The Morgan fingerprint density at radius 2 is 1.62 bits per heavy atom. The van der Waals surface area contributed by atoms with Gasteiger partial charge in [0, 0.05) is 34.1 Å². The van der Waals surface area contributed by atoms with Gasteiger partial charge in [-0.05, 0) is 60.8 Å². The fourth-order valence-corrected chi connectivity index (χ4v) is 7.33. The smallest absolute Gasteiger partial charge is 0.315 e. The zero-order chi connectivity index (χ0) is 37.2. The monoisotopic (exact) mass is 769 g/mol. The standard InChI is InChI=1S/C31H24FN7O10S3/c1-2-39(19-7-4-3-5-8-19)31-35-29(32)34-30(36-31)33-18-11-12-20-17(15-18)16-24(50-49-48-41)26(27(20)40)38-37-23-14-13-21-22(28(23)52(45,46)47)9-6-10-25(21)51(42,43)44/h3-16,40-41H,2H2,1H3,(H,42,43,44)(H,45,46,47)(H,33,34,35,36). The van der Waals surface area contributed by atoms with Crippen LogP contribution in [-0.2, 0) is 29.6 Å². The third-order valence-corrected chi connectivity index (χ3v) is 9.90. The highest BCUT2D eigenvalue weighted by Gasteiger charge is 2.24. The summed E-state index contributed by atoms with van der Waals surface area (Å²) < 4.78 is 87.6. The molecule has 0 aliphatic carbocycles. The van der Waals surface area contributed by atoms with Gasteiger partial charge in [0.05, 0.1) is 16.9 Å². The third kappa shape index (κ3) is 7.61. The molecule has 0 fully saturated rings. The molecule has 0 bridgehead atoms. The molecule has 17 nitrogen and oxygen atoms in total. The molecule has 52 heavy (non-hydrogen) atoms. The summed E-state index contributed by atoms with van der Waals surface area (Å²) in [6, 6.07) is 20.7. The molecule has 6 rings (SSSR count). The zero-order valence-electron chi connectivity index (χ0n) is 26.3. The summed E-state index contributed by atoms with van der Waals surface area (Å²) in [7, 11) is -9.86. The van der Waals surface area contributed by atoms with Crippen LogP contribution in [-0.4, -0.2) is 57.8 Å². The second-order valence-electron chi connectivity index (χ2n) is 10.6. The number of rotatable bonds is 12. The maximum absolute atomic E-state index is 14.6. The number of nitrogens with one attached hydrogen (secondary N) is 1. The van der Waals surface area contributed by atoms with Gasteiger partial charge in [0.2, 0.25) is 11.9 Å². The lowest BCUT2D eigenvalue weighted by Gasteiger charge is -2.21. The van der Waals surface area contributed by atoms with Crippen LogP contribution in [0.5, 0.6) is 5.75 Å². The number of nitrogens with zero attached hydrogens (tertiary/aromatic N) is 6. The average molecular weight is 770 g/mol. The van der Waals surface area contributed by atoms with Crippen molar-refractivity contribution in [1.29, 1.82) is 0 Å². The predicted octanol–water partition coefficient (Wildman–Crippen LogP) is 7.26. The molecule has 0 saturated heterocycles. The highest BCUT2D eigenvalue weighted by molar-refractivity contribution is 7.94. The van der Waals surface area contributed by atoms with Crippen molar-refractivity contribution in [3.8, 4) is 5.75 Å². The average Bonchev–Trinajstić information content (AvgIpc) is 3.09. The molecule has 0 aliphatic heterocycles. The van der Waals surface area contributed by atoms with Gasteiger partial charge in [-0.1, -0.05) is 41.4 Å². The molecule has 0 atom stereocenters. The summed E-state index contributed by atoms with van der Waals surface area (Å²) in [5.41, 5.74) is 0.327. The first kappa shape index (κ1) is 36.4. The molecule has 0 radical (unpaired) electrons. The van der Waals surface area contributed by atoms with Crippen molar-refractivity contribution in [2.24, 2.45) is 10.2 Å².